The van der Waals surface area contributed by atoms with Crippen LogP contribution in [0.5, 0.6) is 0 Å². The number of carbonyl (C=O) groups is 1. The van der Waals surface area contributed by atoms with Crippen molar-refractivity contribution in [3.8, 4) is 0 Å². The molecule has 0 aliphatic carbocycles. The molecule has 0 atom stereocenters. The van der Waals surface area contributed by atoms with E-state index in [-0.39, 0.29) is 4.90 Å². The number of halogens is 2. The number of aryl methyl sites for hydroxylation is 2. The van der Waals surface area contributed by atoms with Crippen LogP contribution in [-0.2, 0) is 14.8 Å². The summed E-state index contributed by atoms with van der Waals surface area (Å²) in [6, 6.07) is 17.9. The van der Waals surface area contributed by atoms with Crippen LogP contribution in [0.3, 0.4) is 0 Å². The van der Waals surface area contributed by atoms with E-state index >= 15 is 0 Å². The number of para-hydroxylation sites is 1. The van der Waals surface area contributed by atoms with Crippen LogP contribution in [0, 0.1) is 13.8 Å². The Labute approximate surface area is 186 Å². The first-order chi connectivity index (χ1) is 14.2. The van der Waals surface area contributed by atoms with Gasteiger partial charge >= 0.3 is 0 Å². The maximum Gasteiger partial charge on any atom is 0.264 e. The number of rotatable bonds is 6. The predicted molar refractivity (Wildman–Crippen MR) is 122 cm³/mol. The molecule has 0 radical (unpaired) electrons. The Hall–Kier alpha value is -2.54. The van der Waals surface area contributed by atoms with Gasteiger partial charge in [-0.3, -0.25) is 9.10 Å². The van der Waals surface area contributed by atoms with E-state index < -0.39 is 22.5 Å². The molecule has 5 nitrogen and oxygen atoms in total. The Kier molecular flexibility index (Phi) is 6.71. The molecule has 0 aromatic heterocycles. The van der Waals surface area contributed by atoms with Crippen LogP contribution in [0.1, 0.15) is 11.1 Å². The lowest BCUT2D eigenvalue weighted by Crippen LogP contribution is -2.38. The number of sulfonamides is 1. The predicted octanol–water partition coefficient (Wildman–Crippen LogP) is 5.44. The Balaban J connectivity index is 1.95. The molecule has 0 unspecified atom stereocenters. The number of anilines is 2. The Morgan fingerprint density at radius 2 is 1.60 bits per heavy atom. The number of amides is 1. The Morgan fingerprint density at radius 1 is 0.933 bits per heavy atom. The summed E-state index contributed by atoms with van der Waals surface area (Å²) in [6.07, 6.45) is 0. The second kappa shape index (κ2) is 9.08. The molecule has 1 amide bonds. The maximum atomic E-state index is 13.4. The summed E-state index contributed by atoms with van der Waals surface area (Å²) >= 11 is 12.0. The van der Waals surface area contributed by atoms with Crippen LogP contribution in [0.2, 0.25) is 10.0 Å². The molecule has 0 aliphatic rings. The minimum atomic E-state index is -4.01. The van der Waals surface area contributed by atoms with Crippen LogP contribution in [0.15, 0.2) is 71.6 Å². The highest BCUT2D eigenvalue weighted by Gasteiger charge is 2.28. The summed E-state index contributed by atoms with van der Waals surface area (Å²) in [4.78, 5) is 12.8. The van der Waals surface area contributed by atoms with E-state index in [1.54, 1.807) is 49.4 Å². The fourth-order valence-corrected chi connectivity index (χ4v) is 4.67. The molecular formula is C22H20Cl2N2O3S. The number of nitrogens with zero attached hydrogens (tertiary/aromatic N) is 1. The Morgan fingerprint density at radius 3 is 2.23 bits per heavy atom. The third kappa shape index (κ3) is 4.95. The molecule has 0 fully saturated rings. The van der Waals surface area contributed by atoms with Gasteiger partial charge in [-0.2, -0.15) is 0 Å². The number of benzene rings is 3. The van der Waals surface area contributed by atoms with Gasteiger partial charge in [-0.15, -0.1) is 0 Å². The fraction of sp³-hybridized carbons (Fsp3) is 0.136. The monoisotopic (exact) mass is 462 g/mol. The van der Waals surface area contributed by atoms with E-state index in [1.807, 2.05) is 6.92 Å². The van der Waals surface area contributed by atoms with E-state index in [0.29, 0.717) is 21.4 Å². The maximum absolute atomic E-state index is 13.4. The van der Waals surface area contributed by atoms with Gasteiger partial charge in [0.15, 0.2) is 0 Å². The van der Waals surface area contributed by atoms with Crippen LogP contribution < -0.4 is 9.62 Å². The van der Waals surface area contributed by atoms with Crippen LogP contribution in [-0.4, -0.2) is 20.9 Å². The van der Waals surface area contributed by atoms with Crippen molar-refractivity contribution in [3.63, 3.8) is 0 Å². The number of nitrogens with one attached hydrogen (secondary N) is 1. The van der Waals surface area contributed by atoms with Gasteiger partial charge in [0.05, 0.1) is 10.6 Å². The molecule has 0 saturated heterocycles. The van der Waals surface area contributed by atoms with Gasteiger partial charge in [0, 0.05) is 15.7 Å². The summed E-state index contributed by atoms with van der Waals surface area (Å²) < 4.78 is 27.8. The second-order valence-electron chi connectivity index (χ2n) is 6.76. The lowest BCUT2D eigenvalue weighted by Gasteiger charge is -2.25. The molecule has 8 heteroatoms. The third-order valence-corrected chi connectivity index (χ3v) is 6.96. The number of hydrogen-bond donors (Lipinski definition) is 1. The van der Waals surface area contributed by atoms with Crippen molar-refractivity contribution < 1.29 is 13.2 Å². The van der Waals surface area contributed by atoms with Gasteiger partial charge in [-0.05, 0) is 67.4 Å². The molecular weight excluding hydrogens is 443 g/mol. The molecule has 3 aromatic rings. The van der Waals surface area contributed by atoms with E-state index in [4.69, 9.17) is 23.2 Å². The zero-order chi connectivity index (χ0) is 21.9. The zero-order valence-electron chi connectivity index (χ0n) is 16.4. The van der Waals surface area contributed by atoms with Crippen molar-refractivity contribution >= 4 is 50.5 Å². The van der Waals surface area contributed by atoms with Gasteiger partial charge in [-0.1, -0.05) is 47.5 Å². The van der Waals surface area contributed by atoms with E-state index in [0.717, 1.165) is 15.4 Å². The van der Waals surface area contributed by atoms with Crippen molar-refractivity contribution in [1.82, 2.24) is 0 Å². The van der Waals surface area contributed by atoms with Crippen LogP contribution >= 0.6 is 23.2 Å². The molecule has 156 valence electrons. The van der Waals surface area contributed by atoms with Gasteiger partial charge in [0.2, 0.25) is 5.91 Å². The lowest BCUT2D eigenvalue weighted by molar-refractivity contribution is -0.114. The van der Waals surface area contributed by atoms with Crippen molar-refractivity contribution in [2.45, 2.75) is 18.7 Å². The van der Waals surface area contributed by atoms with Crippen LogP contribution in [0.4, 0.5) is 11.4 Å². The SMILES string of the molecule is Cc1ccc(NC(=O)CN(c2ccccc2C)S(=O)(=O)c2ccc(Cl)cc2)cc1Cl. The number of carbonyl (C=O) groups excluding carboxylic acids is 1. The fourth-order valence-electron chi connectivity index (χ4n) is 2.88. The summed E-state index contributed by atoms with van der Waals surface area (Å²) in [5, 5.41) is 3.64. The topological polar surface area (TPSA) is 66.5 Å². The highest BCUT2D eigenvalue weighted by molar-refractivity contribution is 7.92. The Bertz CT molecular complexity index is 1180. The lowest BCUT2D eigenvalue weighted by atomic mass is 10.2. The standard InChI is InChI=1S/C22H20Cl2N2O3S/c1-15-7-10-18(13-20(15)24)25-22(27)14-26(21-6-4-3-5-16(21)2)30(28,29)19-11-8-17(23)9-12-19/h3-13H,14H2,1-2H3,(H,25,27). The molecule has 0 bridgehead atoms. The smallest absolute Gasteiger partial charge is 0.264 e. The summed E-state index contributed by atoms with van der Waals surface area (Å²) in [7, 11) is -4.01. The van der Waals surface area contributed by atoms with Gasteiger partial charge < -0.3 is 5.32 Å². The quantitative estimate of drug-likeness (QED) is 0.529. The minimum absolute atomic E-state index is 0.0429. The average molecular weight is 463 g/mol. The van der Waals surface area contributed by atoms with Crippen molar-refractivity contribution in [3.05, 3.63) is 87.9 Å². The number of hydrogen-bond acceptors (Lipinski definition) is 3. The molecule has 1 N–H and O–H groups in total. The zero-order valence-corrected chi connectivity index (χ0v) is 18.7. The average Bonchev–Trinajstić information content (AvgIpc) is 2.70. The van der Waals surface area contributed by atoms with Gasteiger partial charge in [-0.25, -0.2) is 8.42 Å². The van der Waals surface area contributed by atoms with Crippen molar-refractivity contribution in [1.29, 1.82) is 0 Å². The molecule has 0 aliphatic heterocycles. The van der Waals surface area contributed by atoms with E-state index in [2.05, 4.69) is 5.32 Å². The highest BCUT2D eigenvalue weighted by atomic mass is 35.5. The van der Waals surface area contributed by atoms with E-state index in [9.17, 15) is 13.2 Å². The highest BCUT2D eigenvalue weighted by Crippen LogP contribution is 2.27. The molecule has 0 heterocycles. The molecule has 3 aromatic carbocycles. The first-order valence-electron chi connectivity index (χ1n) is 9.08. The summed E-state index contributed by atoms with van der Waals surface area (Å²) in [5.41, 5.74) is 2.51. The molecule has 30 heavy (non-hydrogen) atoms. The molecule has 3 rings (SSSR count). The first-order valence-corrected chi connectivity index (χ1v) is 11.3. The third-order valence-electron chi connectivity index (χ3n) is 4.53. The van der Waals surface area contributed by atoms with Crippen molar-refractivity contribution in [2.75, 3.05) is 16.2 Å². The van der Waals surface area contributed by atoms with Crippen LogP contribution in [0.25, 0.3) is 0 Å². The molecule has 0 spiro atoms. The molecule has 0 saturated carbocycles. The normalized spacial score (nSPS) is 11.2. The summed E-state index contributed by atoms with van der Waals surface area (Å²) in [6.45, 7) is 3.24. The minimum Gasteiger partial charge on any atom is -0.324 e. The largest absolute Gasteiger partial charge is 0.324 e. The van der Waals surface area contributed by atoms with Gasteiger partial charge in [0.1, 0.15) is 6.54 Å². The second-order valence-corrected chi connectivity index (χ2v) is 9.47. The van der Waals surface area contributed by atoms with Gasteiger partial charge in [0.25, 0.3) is 10.0 Å². The first kappa shape index (κ1) is 22.2. The van der Waals surface area contributed by atoms with Crippen molar-refractivity contribution in [2.24, 2.45) is 0 Å². The van der Waals surface area contributed by atoms with E-state index in [1.165, 1.54) is 24.3 Å². The summed E-state index contributed by atoms with van der Waals surface area (Å²) in [5.74, 6) is -0.490.